The minimum Gasteiger partial charge on any atom is -0.496 e. The molecule has 1 amide bonds. The predicted octanol–water partition coefficient (Wildman–Crippen LogP) is 2.69. The van der Waals surface area contributed by atoms with Crippen LogP contribution in [0.3, 0.4) is 0 Å². The molecule has 2 aromatic carbocycles. The summed E-state index contributed by atoms with van der Waals surface area (Å²) in [6.45, 7) is 0.382. The van der Waals surface area contributed by atoms with Crippen LogP contribution in [0.2, 0.25) is 0 Å². The summed E-state index contributed by atoms with van der Waals surface area (Å²) < 4.78 is 18.1. The van der Waals surface area contributed by atoms with Crippen molar-refractivity contribution in [3.63, 3.8) is 0 Å². The molecule has 0 bridgehead atoms. The molecule has 0 radical (unpaired) electrons. The van der Waals surface area contributed by atoms with Crippen molar-refractivity contribution in [3.05, 3.63) is 59.4 Å². The number of ether oxygens (including phenoxy) is 1. The molecule has 0 aromatic heterocycles. The quantitative estimate of drug-likeness (QED) is 0.880. The fraction of sp³-hybridized carbons (Fsp3) is 0.188. The Morgan fingerprint density at radius 1 is 1.24 bits per heavy atom. The molecule has 110 valence electrons. The van der Waals surface area contributed by atoms with Gasteiger partial charge in [0.2, 0.25) is 0 Å². The van der Waals surface area contributed by atoms with E-state index in [0.717, 1.165) is 5.56 Å². The molecular weight excluding hydrogens is 271 g/mol. The third-order valence-corrected chi connectivity index (χ3v) is 3.14. The van der Waals surface area contributed by atoms with Gasteiger partial charge < -0.3 is 15.4 Å². The molecule has 0 saturated carbocycles. The molecule has 0 fully saturated rings. The average Bonchev–Trinajstić information content (AvgIpc) is 2.48. The first-order valence-electron chi connectivity index (χ1n) is 6.44. The van der Waals surface area contributed by atoms with Crippen molar-refractivity contribution < 1.29 is 13.9 Å². The van der Waals surface area contributed by atoms with Crippen LogP contribution in [0.15, 0.2) is 42.5 Å². The summed E-state index contributed by atoms with van der Waals surface area (Å²) in [7, 11) is 3.17. The lowest BCUT2D eigenvalue weighted by Crippen LogP contribution is -2.26. The molecule has 0 saturated heterocycles. The number of hydrogen-bond acceptors (Lipinski definition) is 3. The first-order chi connectivity index (χ1) is 10.0. The normalized spacial score (nSPS) is 10.2. The van der Waals surface area contributed by atoms with Crippen LogP contribution in [0.4, 0.5) is 10.1 Å². The number of nitrogen functional groups attached to an aromatic ring is 1. The van der Waals surface area contributed by atoms with E-state index in [1.165, 1.54) is 19.2 Å². The van der Waals surface area contributed by atoms with Crippen LogP contribution < -0.4 is 10.5 Å². The lowest BCUT2D eigenvalue weighted by atomic mass is 10.1. The standard InChI is InChI=1S/C16H17FN2O2/c1-19(10-11-3-5-12(17)6-4-11)16(20)14-8-7-13(18)9-15(14)21-2/h3-9H,10,18H2,1-2H3. The second-order valence-corrected chi connectivity index (χ2v) is 4.75. The highest BCUT2D eigenvalue weighted by atomic mass is 19.1. The zero-order valence-corrected chi connectivity index (χ0v) is 12.0. The SMILES string of the molecule is COc1cc(N)ccc1C(=O)N(C)Cc1ccc(F)cc1. The van der Waals surface area contributed by atoms with Crippen molar-refractivity contribution in [3.8, 4) is 5.75 Å². The molecular formula is C16H17FN2O2. The van der Waals surface area contributed by atoms with Gasteiger partial charge in [-0.2, -0.15) is 0 Å². The Hall–Kier alpha value is -2.56. The summed E-state index contributed by atoms with van der Waals surface area (Å²) >= 11 is 0. The predicted molar refractivity (Wildman–Crippen MR) is 79.6 cm³/mol. The monoisotopic (exact) mass is 288 g/mol. The van der Waals surface area contributed by atoms with Gasteiger partial charge in [0.05, 0.1) is 12.7 Å². The molecule has 4 nitrogen and oxygen atoms in total. The molecule has 0 atom stereocenters. The van der Waals surface area contributed by atoms with Gasteiger partial charge in [-0.25, -0.2) is 4.39 Å². The summed E-state index contributed by atoms with van der Waals surface area (Å²) in [5, 5.41) is 0. The topological polar surface area (TPSA) is 55.6 Å². The minimum atomic E-state index is -0.298. The third-order valence-electron chi connectivity index (χ3n) is 3.14. The molecule has 0 aliphatic heterocycles. The fourth-order valence-corrected chi connectivity index (χ4v) is 2.03. The summed E-state index contributed by atoms with van der Waals surface area (Å²) in [6, 6.07) is 11.0. The number of nitrogens with zero attached hydrogens (tertiary/aromatic N) is 1. The second-order valence-electron chi connectivity index (χ2n) is 4.75. The third kappa shape index (κ3) is 3.51. The van der Waals surface area contributed by atoms with Crippen molar-refractivity contribution in [2.45, 2.75) is 6.54 Å². The van der Waals surface area contributed by atoms with Gasteiger partial charge >= 0.3 is 0 Å². The largest absolute Gasteiger partial charge is 0.496 e. The van der Waals surface area contributed by atoms with Gasteiger partial charge in [0.1, 0.15) is 11.6 Å². The lowest BCUT2D eigenvalue weighted by Gasteiger charge is -2.19. The van der Waals surface area contributed by atoms with E-state index in [1.807, 2.05) is 0 Å². The second kappa shape index (κ2) is 6.26. The van der Waals surface area contributed by atoms with Crippen molar-refractivity contribution in [1.29, 1.82) is 0 Å². The van der Waals surface area contributed by atoms with Gasteiger partial charge in [-0.1, -0.05) is 12.1 Å². The van der Waals surface area contributed by atoms with E-state index >= 15 is 0 Å². The van der Waals surface area contributed by atoms with Crippen LogP contribution >= 0.6 is 0 Å². The lowest BCUT2D eigenvalue weighted by molar-refractivity contribution is 0.0782. The molecule has 5 heteroatoms. The molecule has 0 heterocycles. The smallest absolute Gasteiger partial charge is 0.257 e. The van der Waals surface area contributed by atoms with Gasteiger partial charge in [-0.3, -0.25) is 4.79 Å². The summed E-state index contributed by atoms with van der Waals surface area (Å²) in [6.07, 6.45) is 0. The number of methoxy groups -OCH3 is 1. The van der Waals surface area contributed by atoms with E-state index in [4.69, 9.17) is 10.5 Å². The summed E-state index contributed by atoms with van der Waals surface area (Å²) in [5.74, 6) is -0.0462. The Morgan fingerprint density at radius 2 is 1.90 bits per heavy atom. The number of carbonyl (C=O) groups excluding carboxylic acids is 1. The van der Waals surface area contributed by atoms with Crippen molar-refractivity contribution in [2.75, 3.05) is 19.9 Å². The number of carbonyl (C=O) groups is 1. The van der Waals surface area contributed by atoms with Gasteiger partial charge in [0.25, 0.3) is 5.91 Å². The zero-order valence-electron chi connectivity index (χ0n) is 12.0. The maximum atomic E-state index is 12.9. The number of benzene rings is 2. The molecule has 21 heavy (non-hydrogen) atoms. The zero-order chi connectivity index (χ0) is 15.4. The van der Waals surface area contributed by atoms with Gasteiger partial charge in [0, 0.05) is 25.3 Å². The molecule has 0 unspecified atom stereocenters. The molecule has 0 spiro atoms. The Kier molecular flexibility index (Phi) is 4.42. The van der Waals surface area contributed by atoms with Gasteiger partial charge in [-0.15, -0.1) is 0 Å². The van der Waals surface area contributed by atoms with Gasteiger partial charge in [-0.05, 0) is 29.8 Å². The van der Waals surface area contributed by atoms with E-state index in [0.29, 0.717) is 23.5 Å². The minimum absolute atomic E-state index is 0.184. The molecule has 2 N–H and O–H groups in total. The van der Waals surface area contributed by atoms with E-state index in [1.54, 1.807) is 42.3 Å². The highest BCUT2D eigenvalue weighted by Gasteiger charge is 2.17. The molecule has 2 aromatic rings. The molecule has 0 aliphatic rings. The maximum absolute atomic E-state index is 12.9. The van der Waals surface area contributed by atoms with Crippen molar-refractivity contribution in [1.82, 2.24) is 4.90 Å². The van der Waals surface area contributed by atoms with Crippen molar-refractivity contribution >= 4 is 11.6 Å². The van der Waals surface area contributed by atoms with E-state index in [9.17, 15) is 9.18 Å². The average molecular weight is 288 g/mol. The maximum Gasteiger partial charge on any atom is 0.257 e. The van der Waals surface area contributed by atoms with Crippen LogP contribution in [-0.4, -0.2) is 25.0 Å². The highest BCUT2D eigenvalue weighted by molar-refractivity contribution is 5.97. The molecule has 2 rings (SSSR count). The number of hydrogen-bond donors (Lipinski definition) is 1. The van der Waals surface area contributed by atoms with Crippen LogP contribution in [0.5, 0.6) is 5.75 Å². The summed E-state index contributed by atoms with van der Waals surface area (Å²) in [5.41, 5.74) is 7.50. The summed E-state index contributed by atoms with van der Waals surface area (Å²) in [4.78, 5) is 14.0. The first-order valence-corrected chi connectivity index (χ1v) is 6.44. The van der Waals surface area contributed by atoms with Crippen LogP contribution in [0, 0.1) is 5.82 Å². The fourth-order valence-electron chi connectivity index (χ4n) is 2.03. The van der Waals surface area contributed by atoms with E-state index < -0.39 is 0 Å². The molecule has 0 aliphatic carbocycles. The Balaban J connectivity index is 2.17. The van der Waals surface area contributed by atoms with E-state index in [2.05, 4.69) is 0 Å². The van der Waals surface area contributed by atoms with Crippen LogP contribution in [-0.2, 0) is 6.54 Å². The Labute approximate surface area is 122 Å². The number of amides is 1. The Bertz CT molecular complexity index is 641. The number of anilines is 1. The first kappa shape index (κ1) is 14.8. The van der Waals surface area contributed by atoms with Crippen molar-refractivity contribution in [2.24, 2.45) is 0 Å². The Morgan fingerprint density at radius 3 is 2.52 bits per heavy atom. The highest BCUT2D eigenvalue weighted by Crippen LogP contribution is 2.23. The van der Waals surface area contributed by atoms with Gasteiger partial charge in [0.15, 0.2) is 0 Å². The van der Waals surface area contributed by atoms with E-state index in [-0.39, 0.29) is 11.7 Å². The number of halogens is 1. The van der Waals surface area contributed by atoms with Crippen LogP contribution in [0.25, 0.3) is 0 Å². The number of nitrogens with two attached hydrogens (primary N) is 1. The number of rotatable bonds is 4. The van der Waals surface area contributed by atoms with Crippen LogP contribution in [0.1, 0.15) is 15.9 Å².